The van der Waals surface area contributed by atoms with Crippen LogP contribution in [0.2, 0.25) is 0 Å². The second-order valence-corrected chi connectivity index (χ2v) is 6.81. The molecule has 0 saturated heterocycles. The number of aliphatic hydroxyl groups is 1. The SMILES string of the molecule is O=C(NCC(O)(c1ccccc1)C1CC1)c1ccc2ccccc2c1. The summed E-state index contributed by atoms with van der Waals surface area (Å²) < 4.78 is 0. The zero-order valence-corrected chi connectivity index (χ0v) is 14.0. The lowest BCUT2D eigenvalue weighted by Gasteiger charge is -2.29. The maximum absolute atomic E-state index is 12.6. The van der Waals surface area contributed by atoms with Crippen LogP contribution < -0.4 is 5.32 Å². The van der Waals surface area contributed by atoms with Crippen LogP contribution in [0, 0.1) is 5.92 Å². The van der Waals surface area contributed by atoms with E-state index in [-0.39, 0.29) is 18.4 Å². The highest BCUT2D eigenvalue weighted by Gasteiger charge is 2.45. The summed E-state index contributed by atoms with van der Waals surface area (Å²) in [6, 6.07) is 23.3. The lowest BCUT2D eigenvalue weighted by atomic mass is 9.88. The van der Waals surface area contributed by atoms with Crippen LogP contribution in [0.25, 0.3) is 10.8 Å². The van der Waals surface area contributed by atoms with Gasteiger partial charge in [0.2, 0.25) is 0 Å². The molecule has 0 bridgehead atoms. The molecule has 1 aliphatic rings. The van der Waals surface area contributed by atoms with E-state index in [1.807, 2.05) is 72.8 Å². The Morgan fingerprint density at radius 3 is 2.36 bits per heavy atom. The molecule has 25 heavy (non-hydrogen) atoms. The lowest BCUT2D eigenvalue weighted by Crippen LogP contribution is -2.42. The van der Waals surface area contributed by atoms with Gasteiger partial charge in [0.25, 0.3) is 5.91 Å². The number of hydrogen-bond donors (Lipinski definition) is 2. The summed E-state index contributed by atoms with van der Waals surface area (Å²) in [5, 5.41) is 16.3. The molecule has 3 aromatic carbocycles. The minimum Gasteiger partial charge on any atom is -0.383 e. The van der Waals surface area contributed by atoms with Crippen molar-refractivity contribution in [2.45, 2.75) is 18.4 Å². The molecule has 4 rings (SSSR count). The molecule has 1 fully saturated rings. The zero-order valence-electron chi connectivity index (χ0n) is 14.0. The van der Waals surface area contributed by atoms with Crippen molar-refractivity contribution in [3.05, 3.63) is 83.9 Å². The second kappa shape index (κ2) is 6.34. The van der Waals surface area contributed by atoms with Gasteiger partial charge in [-0.1, -0.05) is 60.7 Å². The average molecular weight is 331 g/mol. The van der Waals surface area contributed by atoms with Crippen LogP contribution in [-0.2, 0) is 5.60 Å². The quantitative estimate of drug-likeness (QED) is 0.746. The van der Waals surface area contributed by atoms with Crippen LogP contribution in [0.4, 0.5) is 0 Å². The fourth-order valence-electron chi connectivity index (χ4n) is 3.42. The minimum atomic E-state index is -0.992. The van der Waals surface area contributed by atoms with Crippen molar-refractivity contribution in [1.82, 2.24) is 5.32 Å². The molecule has 1 amide bonds. The fourth-order valence-corrected chi connectivity index (χ4v) is 3.42. The van der Waals surface area contributed by atoms with Crippen LogP contribution in [0.3, 0.4) is 0 Å². The molecule has 1 unspecified atom stereocenters. The Balaban J connectivity index is 1.53. The third-order valence-electron chi connectivity index (χ3n) is 5.06. The van der Waals surface area contributed by atoms with E-state index >= 15 is 0 Å². The van der Waals surface area contributed by atoms with Crippen molar-refractivity contribution in [3.63, 3.8) is 0 Å². The minimum absolute atomic E-state index is 0.152. The van der Waals surface area contributed by atoms with Gasteiger partial charge in [0, 0.05) is 5.56 Å². The number of amides is 1. The van der Waals surface area contributed by atoms with Crippen molar-refractivity contribution in [1.29, 1.82) is 0 Å². The molecule has 0 aromatic heterocycles. The van der Waals surface area contributed by atoms with Crippen molar-refractivity contribution < 1.29 is 9.90 Å². The molecule has 0 aliphatic heterocycles. The van der Waals surface area contributed by atoms with Gasteiger partial charge in [0.1, 0.15) is 5.60 Å². The summed E-state index contributed by atoms with van der Waals surface area (Å²) in [5.74, 6) is 0.0626. The normalized spacial score (nSPS) is 16.4. The Morgan fingerprint density at radius 1 is 0.960 bits per heavy atom. The van der Waals surface area contributed by atoms with E-state index in [1.165, 1.54) is 0 Å². The number of benzene rings is 3. The van der Waals surface area contributed by atoms with Crippen LogP contribution in [0.1, 0.15) is 28.8 Å². The molecule has 3 heteroatoms. The second-order valence-electron chi connectivity index (χ2n) is 6.81. The predicted molar refractivity (Wildman–Crippen MR) is 99.3 cm³/mol. The standard InChI is InChI=1S/C22H21NO2/c24-21(18-11-10-16-6-4-5-7-17(16)14-18)23-15-22(25,20-12-13-20)19-8-2-1-3-9-19/h1-11,14,20,25H,12-13,15H2,(H,23,24). The summed E-state index contributed by atoms with van der Waals surface area (Å²) in [5.41, 5.74) is 0.495. The van der Waals surface area contributed by atoms with Gasteiger partial charge in [-0.15, -0.1) is 0 Å². The van der Waals surface area contributed by atoms with E-state index < -0.39 is 5.60 Å². The largest absolute Gasteiger partial charge is 0.383 e. The zero-order chi connectivity index (χ0) is 17.3. The van der Waals surface area contributed by atoms with Crippen molar-refractivity contribution in [3.8, 4) is 0 Å². The lowest BCUT2D eigenvalue weighted by molar-refractivity contribution is 0.0135. The summed E-state index contributed by atoms with van der Waals surface area (Å²) in [6.45, 7) is 0.230. The molecule has 1 atom stereocenters. The Hall–Kier alpha value is -2.65. The van der Waals surface area contributed by atoms with Gasteiger partial charge in [0.05, 0.1) is 6.54 Å². The van der Waals surface area contributed by atoms with Crippen LogP contribution >= 0.6 is 0 Å². The van der Waals surface area contributed by atoms with Crippen molar-refractivity contribution in [2.75, 3.05) is 6.54 Å². The van der Waals surface area contributed by atoms with Gasteiger partial charge in [-0.2, -0.15) is 0 Å². The predicted octanol–water partition coefficient (Wildman–Crippen LogP) is 3.87. The molecular weight excluding hydrogens is 310 g/mol. The topological polar surface area (TPSA) is 49.3 Å². The van der Waals surface area contributed by atoms with Crippen LogP contribution in [0.15, 0.2) is 72.8 Å². The fraction of sp³-hybridized carbons (Fsp3) is 0.227. The van der Waals surface area contributed by atoms with E-state index in [1.54, 1.807) is 0 Å². The summed E-state index contributed by atoms with van der Waals surface area (Å²) in [6.07, 6.45) is 1.99. The van der Waals surface area contributed by atoms with Gasteiger partial charge in [0.15, 0.2) is 0 Å². The first-order valence-electron chi connectivity index (χ1n) is 8.72. The van der Waals surface area contributed by atoms with E-state index in [4.69, 9.17) is 0 Å². The number of nitrogens with one attached hydrogen (secondary N) is 1. The molecular formula is C22H21NO2. The van der Waals surface area contributed by atoms with E-state index in [2.05, 4.69) is 5.32 Å². The highest BCUT2D eigenvalue weighted by molar-refractivity contribution is 5.98. The first kappa shape index (κ1) is 15.9. The maximum Gasteiger partial charge on any atom is 0.251 e. The third-order valence-corrected chi connectivity index (χ3v) is 5.06. The summed E-state index contributed by atoms with van der Waals surface area (Å²) in [7, 11) is 0. The van der Waals surface area contributed by atoms with Gasteiger partial charge in [-0.3, -0.25) is 4.79 Å². The number of fused-ring (bicyclic) bond motifs is 1. The first-order chi connectivity index (χ1) is 12.2. The molecule has 0 radical (unpaired) electrons. The average Bonchev–Trinajstić information content (AvgIpc) is 3.52. The van der Waals surface area contributed by atoms with Crippen molar-refractivity contribution >= 4 is 16.7 Å². The molecule has 2 N–H and O–H groups in total. The number of rotatable bonds is 5. The first-order valence-corrected chi connectivity index (χ1v) is 8.72. The Labute approximate surface area is 147 Å². The molecule has 0 heterocycles. The van der Waals surface area contributed by atoms with Gasteiger partial charge >= 0.3 is 0 Å². The summed E-state index contributed by atoms with van der Waals surface area (Å²) in [4.78, 5) is 12.6. The Morgan fingerprint density at radius 2 is 1.64 bits per heavy atom. The van der Waals surface area contributed by atoms with Crippen LogP contribution in [0.5, 0.6) is 0 Å². The molecule has 126 valence electrons. The van der Waals surface area contributed by atoms with Gasteiger partial charge in [-0.05, 0) is 47.2 Å². The third kappa shape index (κ3) is 3.15. The Bertz CT molecular complexity index is 902. The van der Waals surface area contributed by atoms with Crippen molar-refractivity contribution in [2.24, 2.45) is 5.92 Å². The van der Waals surface area contributed by atoms with E-state index in [0.717, 1.165) is 29.2 Å². The maximum atomic E-state index is 12.6. The highest BCUT2D eigenvalue weighted by atomic mass is 16.3. The smallest absolute Gasteiger partial charge is 0.251 e. The van der Waals surface area contributed by atoms with E-state index in [9.17, 15) is 9.90 Å². The van der Waals surface area contributed by atoms with Gasteiger partial charge in [-0.25, -0.2) is 0 Å². The van der Waals surface area contributed by atoms with Gasteiger partial charge < -0.3 is 10.4 Å². The molecule has 1 saturated carbocycles. The molecule has 3 aromatic rings. The summed E-state index contributed by atoms with van der Waals surface area (Å²) >= 11 is 0. The van der Waals surface area contributed by atoms with Crippen LogP contribution in [-0.4, -0.2) is 17.6 Å². The number of carbonyl (C=O) groups excluding carboxylic acids is 1. The monoisotopic (exact) mass is 331 g/mol. The number of carbonyl (C=O) groups is 1. The molecule has 0 spiro atoms. The molecule has 1 aliphatic carbocycles. The Kier molecular flexibility index (Phi) is 4.02. The van der Waals surface area contributed by atoms with E-state index in [0.29, 0.717) is 5.56 Å². The number of hydrogen-bond acceptors (Lipinski definition) is 2. The highest BCUT2D eigenvalue weighted by Crippen LogP contribution is 2.45. The molecule has 3 nitrogen and oxygen atoms in total.